The second-order valence-electron chi connectivity index (χ2n) is 6.12. The highest BCUT2D eigenvalue weighted by Gasteiger charge is 2.33. The van der Waals surface area contributed by atoms with Gasteiger partial charge in [0.25, 0.3) is 0 Å². The van der Waals surface area contributed by atoms with E-state index in [1.165, 1.54) is 18.4 Å². The van der Waals surface area contributed by atoms with Crippen molar-refractivity contribution in [1.29, 1.82) is 0 Å². The number of aryl methyl sites for hydroxylation is 1. The molecule has 0 heterocycles. The van der Waals surface area contributed by atoms with Crippen LogP contribution in [0.25, 0.3) is 6.08 Å². The Morgan fingerprint density at radius 3 is 2.67 bits per heavy atom. The van der Waals surface area contributed by atoms with Crippen LogP contribution in [0.15, 0.2) is 29.2 Å². The fraction of sp³-hybridized carbons (Fsp3) is 0.529. The summed E-state index contributed by atoms with van der Waals surface area (Å²) in [4.78, 5) is 0.593. The Hall–Kier alpha value is -1.13. The largest absolute Gasteiger partial charge is 0.239 e. The van der Waals surface area contributed by atoms with Crippen molar-refractivity contribution in [2.75, 3.05) is 13.1 Å². The predicted octanol–water partition coefficient (Wildman–Crippen LogP) is 3.43. The molecule has 1 aromatic rings. The number of nitrogens with zero attached hydrogens (tertiary/aromatic N) is 1. The SMILES string of the molecule is CCCN(CC1CC1)S(=O)(=O)C1=Cc2ccccc2CC1. The van der Waals surface area contributed by atoms with Crippen LogP contribution in [-0.2, 0) is 16.4 Å². The maximum Gasteiger partial charge on any atom is 0.239 e. The molecule has 0 atom stereocenters. The summed E-state index contributed by atoms with van der Waals surface area (Å²) < 4.78 is 27.5. The van der Waals surface area contributed by atoms with Crippen LogP contribution < -0.4 is 0 Å². The predicted molar refractivity (Wildman–Crippen MR) is 86.2 cm³/mol. The summed E-state index contributed by atoms with van der Waals surface area (Å²) in [5, 5.41) is 0. The molecule has 0 unspecified atom stereocenters. The molecule has 0 radical (unpaired) electrons. The van der Waals surface area contributed by atoms with Crippen molar-refractivity contribution < 1.29 is 8.42 Å². The van der Waals surface area contributed by atoms with Gasteiger partial charge < -0.3 is 0 Å². The number of sulfonamides is 1. The summed E-state index contributed by atoms with van der Waals surface area (Å²) >= 11 is 0. The average Bonchev–Trinajstić information content (AvgIpc) is 3.30. The van der Waals surface area contributed by atoms with Gasteiger partial charge in [0.2, 0.25) is 10.0 Å². The molecule has 4 heteroatoms. The van der Waals surface area contributed by atoms with Gasteiger partial charge in [0.1, 0.15) is 0 Å². The number of benzene rings is 1. The number of hydrogen-bond donors (Lipinski definition) is 0. The maximum atomic E-state index is 12.9. The molecule has 0 N–H and O–H groups in total. The Balaban J connectivity index is 1.88. The summed E-state index contributed by atoms with van der Waals surface area (Å²) in [5.41, 5.74) is 2.31. The second-order valence-corrected chi connectivity index (χ2v) is 8.11. The molecule has 2 aliphatic carbocycles. The molecule has 114 valence electrons. The first-order chi connectivity index (χ1) is 10.1. The van der Waals surface area contributed by atoms with E-state index in [4.69, 9.17) is 0 Å². The average molecular weight is 305 g/mol. The Labute approximate surface area is 127 Å². The van der Waals surface area contributed by atoms with Gasteiger partial charge in [0.15, 0.2) is 0 Å². The van der Waals surface area contributed by atoms with E-state index < -0.39 is 10.0 Å². The van der Waals surface area contributed by atoms with Crippen LogP contribution in [0.5, 0.6) is 0 Å². The van der Waals surface area contributed by atoms with Crippen molar-refractivity contribution in [2.45, 2.75) is 39.0 Å². The van der Waals surface area contributed by atoms with Gasteiger partial charge in [0.05, 0.1) is 4.91 Å². The lowest BCUT2D eigenvalue weighted by atomic mass is 9.98. The topological polar surface area (TPSA) is 37.4 Å². The minimum atomic E-state index is -3.29. The van der Waals surface area contributed by atoms with Crippen LogP contribution in [0, 0.1) is 5.92 Å². The van der Waals surface area contributed by atoms with Crippen LogP contribution >= 0.6 is 0 Å². The van der Waals surface area contributed by atoms with E-state index in [1.54, 1.807) is 4.31 Å². The first-order valence-electron chi connectivity index (χ1n) is 7.90. The summed E-state index contributed by atoms with van der Waals surface area (Å²) in [6, 6.07) is 8.08. The fourth-order valence-electron chi connectivity index (χ4n) is 2.92. The molecule has 0 aliphatic heterocycles. The van der Waals surface area contributed by atoms with Gasteiger partial charge in [-0.25, -0.2) is 8.42 Å². The normalized spacial score (nSPS) is 18.5. The van der Waals surface area contributed by atoms with E-state index in [-0.39, 0.29) is 0 Å². The zero-order valence-corrected chi connectivity index (χ0v) is 13.4. The third kappa shape index (κ3) is 3.22. The minimum absolute atomic E-state index is 0.586. The monoisotopic (exact) mass is 305 g/mol. The molecule has 0 bridgehead atoms. The third-order valence-electron chi connectivity index (χ3n) is 4.32. The van der Waals surface area contributed by atoms with E-state index in [0.717, 1.165) is 18.4 Å². The van der Waals surface area contributed by atoms with Crippen LogP contribution in [0.4, 0.5) is 0 Å². The van der Waals surface area contributed by atoms with Crippen molar-refractivity contribution in [3.63, 3.8) is 0 Å². The van der Waals surface area contributed by atoms with E-state index in [9.17, 15) is 8.42 Å². The standard InChI is InChI=1S/C17H23NO2S/c1-2-11-18(13-14-7-8-14)21(19,20)17-10-9-15-5-3-4-6-16(15)12-17/h3-6,12,14H,2,7-11,13H2,1H3. The zero-order chi connectivity index (χ0) is 14.9. The van der Waals surface area contributed by atoms with Gasteiger partial charge in [0, 0.05) is 13.1 Å². The third-order valence-corrected chi connectivity index (χ3v) is 6.31. The van der Waals surface area contributed by atoms with Gasteiger partial charge >= 0.3 is 0 Å². The first-order valence-corrected chi connectivity index (χ1v) is 9.34. The zero-order valence-electron chi connectivity index (χ0n) is 12.6. The summed E-state index contributed by atoms with van der Waals surface area (Å²) in [6.45, 7) is 3.38. The van der Waals surface area contributed by atoms with Crippen molar-refractivity contribution in [2.24, 2.45) is 5.92 Å². The van der Waals surface area contributed by atoms with E-state index >= 15 is 0 Å². The van der Waals surface area contributed by atoms with Gasteiger partial charge in [-0.2, -0.15) is 4.31 Å². The van der Waals surface area contributed by atoms with E-state index in [0.29, 0.717) is 30.3 Å². The lowest BCUT2D eigenvalue weighted by Gasteiger charge is -2.25. The number of rotatable bonds is 6. The molecule has 0 amide bonds. The summed E-state index contributed by atoms with van der Waals surface area (Å²) in [5.74, 6) is 0.586. The molecule has 3 nitrogen and oxygen atoms in total. The van der Waals surface area contributed by atoms with Crippen molar-refractivity contribution in [3.8, 4) is 0 Å². The number of hydrogen-bond acceptors (Lipinski definition) is 2. The highest BCUT2D eigenvalue weighted by molar-refractivity contribution is 7.93. The Morgan fingerprint density at radius 2 is 1.95 bits per heavy atom. The molecular formula is C17H23NO2S. The Morgan fingerprint density at radius 1 is 1.19 bits per heavy atom. The number of fused-ring (bicyclic) bond motifs is 1. The lowest BCUT2D eigenvalue weighted by molar-refractivity contribution is 0.399. The lowest BCUT2D eigenvalue weighted by Crippen LogP contribution is -2.35. The van der Waals surface area contributed by atoms with Crippen LogP contribution in [0.1, 0.15) is 43.7 Å². The van der Waals surface area contributed by atoms with E-state index in [2.05, 4.69) is 6.07 Å². The molecule has 21 heavy (non-hydrogen) atoms. The molecule has 0 saturated heterocycles. The molecule has 3 rings (SSSR count). The molecule has 0 spiro atoms. The molecule has 0 aromatic heterocycles. The van der Waals surface area contributed by atoms with Gasteiger partial charge in [-0.3, -0.25) is 0 Å². The number of allylic oxidation sites excluding steroid dienone is 1. The molecule has 1 aromatic carbocycles. The van der Waals surface area contributed by atoms with E-state index in [1.807, 2.05) is 31.2 Å². The van der Waals surface area contributed by atoms with Crippen LogP contribution in [0.2, 0.25) is 0 Å². The first kappa shape index (κ1) is 14.8. The van der Waals surface area contributed by atoms with Gasteiger partial charge in [-0.15, -0.1) is 0 Å². The Bertz CT molecular complexity index is 645. The molecule has 1 saturated carbocycles. The second kappa shape index (κ2) is 5.93. The fourth-order valence-corrected chi connectivity index (χ4v) is 4.72. The highest BCUT2D eigenvalue weighted by atomic mass is 32.2. The maximum absolute atomic E-state index is 12.9. The molecular weight excluding hydrogens is 282 g/mol. The smallest absolute Gasteiger partial charge is 0.207 e. The van der Waals surface area contributed by atoms with Crippen LogP contribution in [-0.4, -0.2) is 25.8 Å². The van der Waals surface area contributed by atoms with Crippen LogP contribution in [0.3, 0.4) is 0 Å². The molecule has 2 aliphatic rings. The highest BCUT2D eigenvalue weighted by Crippen LogP contribution is 2.34. The summed E-state index contributed by atoms with van der Waals surface area (Å²) in [6.07, 6.45) is 6.56. The van der Waals surface area contributed by atoms with Gasteiger partial charge in [-0.1, -0.05) is 31.2 Å². The van der Waals surface area contributed by atoms with Crippen molar-refractivity contribution >= 4 is 16.1 Å². The van der Waals surface area contributed by atoms with Crippen molar-refractivity contribution in [1.82, 2.24) is 4.31 Å². The van der Waals surface area contributed by atoms with Gasteiger partial charge in [-0.05, 0) is 55.2 Å². The minimum Gasteiger partial charge on any atom is -0.207 e. The molecule has 1 fully saturated rings. The summed E-state index contributed by atoms with van der Waals surface area (Å²) in [7, 11) is -3.29. The quantitative estimate of drug-likeness (QED) is 0.807. The Kier molecular flexibility index (Phi) is 4.18. The van der Waals surface area contributed by atoms with Crippen molar-refractivity contribution in [3.05, 3.63) is 40.3 Å².